The van der Waals surface area contributed by atoms with E-state index in [-0.39, 0.29) is 5.91 Å². The Hall–Kier alpha value is -1.17. The second-order valence-corrected chi connectivity index (χ2v) is 5.02. The van der Waals surface area contributed by atoms with Crippen LogP contribution in [0.15, 0.2) is 10.7 Å². The molecule has 92 valence electrons. The van der Waals surface area contributed by atoms with Crippen LogP contribution in [0.25, 0.3) is 0 Å². The van der Waals surface area contributed by atoms with Gasteiger partial charge in [0.1, 0.15) is 16.2 Å². The summed E-state index contributed by atoms with van der Waals surface area (Å²) in [5, 5.41) is 2.59. The summed E-state index contributed by atoms with van der Waals surface area (Å²) in [4.78, 5) is 22.0. The number of anilines is 1. The van der Waals surface area contributed by atoms with Crippen molar-refractivity contribution in [2.24, 2.45) is 0 Å². The largest absolute Gasteiger partial charge is 0.358 e. The van der Waals surface area contributed by atoms with E-state index in [1.165, 1.54) is 0 Å². The van der Waals surface area contributed by atoms with Crippen LogP contribution in [-0.2, 0) is 4.79 Å². The Labute approximate surface area is 109 Å². The number of hydrogen-bond donors (Lipinski definition) is 1. The van der Waals surface area contributed by atoms with Crippen molar-refractivity contribution in [1.29, 1.82) is 0 Å². The molecule has 0 aromatic carbocycles. The summed E-state index contributed by atoms with van der Waals surface area (Å²) in [5.74, 6) is 2.12. The highest BCUT2D eigenvalue weighted by molar-refractivity contribution is 9.10. The van der Waals surface area contributed by atoms with Crippen molar-refractivity contribution in [2.75, 3.05) is 25.5 Å². The Morgan fingerprint density at radius 2 is 2.29 bits per heavy atom. The van der Waals surface area contributed by atoms with Gasteiger partial charge in [-0.3, -0.25) is 4.79 Å². The summed E-state index contributed by atoms with van der Waals surface area (Å²) in [6, 6.07) is 1.83. The summed E-state index contributed by atoms with van der Waals surface area (Å²) in [5.41, 5.74) is 0. The highest BCUT2D eigenvalue weighted by Crippen LogP contribution is 2.39. The second-order valence-electron chi connectivity index (χ2n) is 4.21. The number of aromatic nitrogens is 2. The highest BCUT2D eigenvalue weighted by atomic mass is 79.9. The van der Waals surface area contributed by atoms with E-state index in [1.54, 1.807) is 7.05 Å². The Morgan fingerprint density at radius 1 is 1.59 bits per heavy atom. The van der Waals surface area contributed by atoms with Crippen LogP contribution in [0.5, 0.6) is 0 Å². The average Bonchev–Trinajstić information content (AvgIpc) is 3.11. The Bertz CT molecular complexity index is 433. The van der Waals surface area contributed by atoms with E-state index in [2.05, 4.69) is 31.2 Å². The lowest BCUT2D eigenvalue weighted by Crippen LogP contribution is -2.33. The van der Waals surface area contributed by atoms with Gasteiger partial charge in [-0.15, -0.1) is 0 Å². The first kappa shape index (κ1) is 12.3. The summed E-state index contributed by atoms with van der Waals surface area (Å²) in [6.07, 6.45) is 2.32. The Kier molecular flexibility index (Phi) is 3.61. The molecule has 0 spiro atoms. The first-order valence-electron chi connectivity index (χ1n) is 5.56. The molecule has 0 atom stereocenters. The van der Waals surface area contributed by atoms with Crippen molar-refractivity contribution in [3.05, 3.63) is 16.5 Å². The van der Waals surface area contributed by atoms with E-state index in [4.69, 9.17) is 0 Å². The van der Waals surface area contributed by atoms with E-state index >= 15 is 0 Å². The van der Waals surface area contributed by atoms with Crippen LogP contribution in [0, 0.1) is 0 Å². The molecule has 0 bridgehead atoms. The minimum absolute atomic E-state index is 0.0322. The fourth-order valence-corrected chi connectivity index (χ4v) is 1.90. The lowest BCUT2D eigenvalue weighted by molar-refractivity contribution is -0.119. The highest BCUT2D eigenvalue weighted by Gasteiger charge is 2.27. The molecule has 0 radical (unpaired) electrons. The number of likely N-dealkylation sites (N-methyl/N-ethyl adjacent to an activating group) is 2. The minimum atomic E-state index is -0.0322. The van der Waals surface area contributed by atoms with Crippen LogP contribution < -0.4 is 10.2 Å². The van der Waals surface area contributed by atoms with Gasteiger partial charge in [-0.2, -0.15) is 0 Å². The van der Waals surface area contributed by atoms with Crippen LogP contribution in [0.2, 0.25) is 0 Å². The third-order valence-electron chi connectivity index (χ3n) is 2.69. The predicted molar refractivity (Wildman–Crippen MR) is 69.0 cm³/mol. The van der Waals surface area contributed by atoms with Crippen molar-refractivity contribution < 1.29 is 4.79 Å². The van der Waals surface area contributed by atoms with Crippen LogP contribution in [0.4, 0.5) is 5.82 Å². The monoisotopic (exact) mass is 298 g/mol. The molecule has 1 heterocycles. The zero-order valence-electron chi connectivity index (χ0n) is 9.90. The average molecular weight is 299 g/mol. The van der Waals surface area contributed by atoms with Gasteiger partial charge in [-0.1, -0.05) is 0 Å². The van der Waals surface area contributed by atoms with E-state index in [9.17, 15) is 4.79 Å². The Morgan fingerprint density at radius 3 is 2.88 bits per heavy atom. The molecule has 1 amide bonds. The standard InChI is InChI=1S/C11H15BrN4O/c1-13-10(17)6-16(2)9-5-8(12)14-11(15-9)7-3-4-7/h5,7H,3-4,6H2,1-2H3,(H,13,17). The van der Waals surface area contributed by atoms with E-state index in [0.29, 0.717) is 12.5 Å². The molecule has 6 heteroatoms. The number of rotatable bonds is 4. The zero-order valence-corrected chi connectivity index (χ0v) is 11.5. The molecule has 1 aliphatic rings. The van der Waals surface area contributed by atoms with E-state index in [1.807, 2.05) is 18.0 Å². The molecule has 1 aliphatic carbocycles. The topological polar surface area (TPSA) is 58.1 Å². The van der Waals surface area contributed by atoms with E-state index in [0.717, 1.165) is 29.1 Å². The first-order valence-corrected chi connectivity index (χ1v) is 6.35. The zero-order chi connectivity index (χ0) is 12.4. The van der Waals surface area contributed by atoms with Crippen molar-refractivity contribution in [3.8, 4) is 0 Å². The molecule has 1 aromatic heterocycles. The van der Waals surface area contributed by atoms with Crippen LogP contribution in [0.3, 0.4) is 0 Å². The van der Waals surface area contributed by atoms with Gasteiger partial charge < -0.3 is 10.2 Å². The fourth-order valence-electron chi connectivity index (χ4n) is 1.52. The molecule has 1 fully saturated rings. The Balaban J connectivity index is 2.16. The molecule has 2 rings (SSSR count). The van der Waals surface area contributed by atoms with Crippen LogP contribution in [0.1, 0.15) is 24.6 Å². The van der Waals surface area contributed by atoms with Crippen LogP contribution in [-0.4, -0.2) is 36.5 Å². The molecule has 0 saturated heterocycles. The van der Waals surface area contributed by atoms with Gasteiger partial charge in [-0.05, 0) is 28.8 Å². The third kappa shape index (κ3) is 3.15. The molecule has 1 aromatic rings. The number of carbonyl (C=O) groups is 1. The number of hydrogen-bond acceptors (Lipinski definition) is 4. The molecule has 1 N–H and O–H groups in total. The summed E-state index contributed by atoms with van der Waals surface area (Å²) in [6.45, 7) is 0.296. The lowest BCUT2D eigenvalue weighted by atomic mass is 10.4. The number of nitrogens with zero attached hydrogens (tertiary/aromatic N) is 3. The molecular formula is C11H15BrN4O. The maximum absolute atomic E-state index is 11.3. The number of halogens is 1. The van der Waals surface area contributed by atoms with Crippen molar-refractivity contribution in [3.63, 3.8) is 0 Å². The predicted octanol–water partition coefficient (Wildman–Crippen LogP) is 1.30. The van der Waals surface area contributed by atoms with Gasteiger partial charge in [0, 0.05) is 26.1 Å². The van der Waals surface area contributed by atoms with Crippen molar-refractivity contribution in [1.82, 2.24) is 15.3 Å². The second kappa shape index (κ2) is 5.00. The maximum Gasteiger partial charge on any atom is 0.239 e. The normalized spacial score (nSPS) is 14.5. The van der Waals surface area contributed by atoms with Crippen molar-refractivity contribution >= 4 is 27.7 Å². The molecule has 0 aliphatic heterocycles. The summed E-state index contributed by atoms with van der Waals surface area (Å²) < 4.78 is 0.771. The smallest absolute Gasteiger partial charge is 0.239 e. The number of carbonyl (C=O) groups excluding carboxylic acids is 1. The number of amides is 1. The van der Waals surface area contributed by atoms with E-state index < -0.39 is 0 Å². The SMILES string of the molecule is CNC(=O)CN(C)c1cc(Br)nc(C2CC2)n1. The molecular weight excluding hydrogens is 284 g/mol. The molecule has 0 unspecified atom stereocenters. The molecule has 17 heavy (non-hydrogen) atoms. The van der Waals surface area contributed by atoms with Gasteiger partial charge in [0.15, 0.2) is 0 Å². The summed E-state index contributed by atoms with van der Waals surface area (Å²) >= 11 is 3.38. The minimum Gasteiger partial charge on any atom is -0.358 e. The maximum atomic E-state index is 11.3. The van der Waals surface area contributed by atoms with Gasteiger partial charge in [0.2, 0.25) is 5.91 Å². The van der Waals surface area contributed by atoms with Gasteiger partial charge in [-0.25, -0.2) is 9.97 Å². The first-order chi connectivity index (χ1) is 8.10. The summed E-state index contributed by atoms with van der Waals surface area (Å²) in [7, 11) is 3.47. The quantitative estimate of drug-likeness (QED) is 0.851. The number of nitrogens with one attached hydrogen (secondary N) is 1. The van der Waals surface area contributed by atoms with Gasteiger partial charge in [0.05, 0.1) is 6.54 Å². The van der Waals surface area contributed by atoms with Crippen molar-refractivity contribution in [2.45, 2.75) is 18.8 Å². The molecule has 5 nitrogen and oxygen atoms in total. The fraction of sp³-hybridized carbons (Fsp3) is 0.545. The van der Waals surface area contributed by atoms with Gasteiger partial charge >= 0.3 is 0 Å². The third-order valence-corrected chi connectivity index (χ3v) is 3.10. The van der Waals surface area contributed by atoms with Gasteiger partial charge in [0.25, 0.3) is 0 Å². The molecule has 1 saturated carbocycles. The van der Waals surface area contributed by atoms with Crippen LogP contribution >= 0.6 is 15.9 Å². The lowest BCUT2D eigenvalue weighted by Gasteiger charge is -2.17.